The molecule has 0 bridgehead atoms. The zero-order valence-corrected chi connectivity index (χ0v) is 10.0. The van der Waals surface area contributed by atoms with Gasteiger partial charge in [0.05, 0.1) is 7.11 Å². The molecule has 0 fully saturated rings. The lowest BCUT2D eigenvalue weighted by Gasteiger charge is -2.34. The topological polar surface area (TPSA) is 12.5 Å². The first kappa shape index (κ1) is 10.3. The number of nitrogens with zero attached hydrogens (tertiary/aromatic N) is 1. The van der Waals surface area contributed by atoms with Gasteiger partial charge < -0.3 is 9.64 Å². The van der Waals surface area contributed by atoms with Crippen LogP contribution in [0.15, 0.2) is 18.2 Å². The van der Waals surface area contributed by atoms with Crippen LogP contribution < -0.4 is 9.64 Å². The Balaban J connectivity index is 2.44. The Labute approximate surface area is 91.9 Å². The molecule has 2 heteroatoms. The third kappa shape index (κ3) is 1.69. The Morgan fingerprint density at radius 2 is 2.00 bits per heavy atom. The van der Waals surface area contributed by atoms with Crippen molar-refractivity contribution in [2.45, 2.75) is 32.7 Å². The largest absolute Gasteiger partial charge is 0.496 e. The molecular formula is C13H19NO. The molecule has 0 atom stereocenters. The standard InChI is InChI=1S/C13H19NO/c1-13(2,3)14-9-8-10-11(14)6-5-7-12(10)15-4/h5-7H,8-9H2,1-4H3. The molecule has 0 saturated carbocycles. The van der Waals surface area contributed by atoms with Crippen LogP contribution in [0.4, 0.5) is 5.69 Å². The minimum Gasteiger partial charge on any atom is -0.496 e. The summed E-state index contributed by atoms with van der Waals surface area (Å²) in [6.45, 7) is 7.85. The van der Waals surface area contributed by atoms with Crippen molar-refractivity contribution in [1.82, 2.24) is 0 Å². The average Bonchev–Trinajstić information content (AvgIpc) is 2.59. The van der Waals surface area contributed by atoms with E-state index in [1.165, 1.54) is 11.3 Å². The van der Waals surface area contributed by atoms with Crippen molar-refractivity contribution < 1.29 is 4.74 Å². The van der Waals surface area contributed by atoms with Gasteiger partial charge in [-0.1, -0.05) is 6.07 Å². The van der Waals surface area contributed by atoms with Crippen LogP contribution in [-0.2, 0) is 6.42 Å². The molecule has 82 valence electrons. The summed E-state index contributed by atoms with van der Waals surface area (Å²) in [7, 11) is 1.75. The molecule has 0 amide bonds. The molecule has 15 heavy (non-hydrogen) atoms. The van der Waals surface area contributed by atoms with E-state index in [0.717, 1.165) is 18.7 Å². The Morgan fingerprint density at radius 3 is 2.60 bits per heavy atom. The van der Waals surface area contributed by atoms with Crippen molar-refractivity contribution in [2.24, 2.45) is 0 Å². The lowest BCUT2D eigenvalue weighted by Crippen LogP contribution is -2.40. The Morgan fingerprint density at radius 1 is 1.27 bits per heavy atom. The Hall–Kier alpha value is -1.18. The van der Waals surface area contributed by atoms with Crippen LogP contribution in [0, 0.1) is 0 Å². The first-order valence-corrected chi connectivity index (χ1v) is 5.47. The fraction of sp³-hybridized carbons (Fsp3) is 0.538. The summed E-state index contributed by atoms with van der Waals surface area (Å²) in [6, 6.07) is 6.31. The molecule has 2 rings (SSSR count). The van der Waals surface area contributed by atoms with Crippen LogP contribution in [0.5, 0.6) is 5.75 Å². The molecule has 1 aliphatic heterocycles. The fourth-order valence-corrected chi connectivity index (χ4v) is 2.29. The Kier molecular flexibility index (Phi) is 2.37. The third-order valence-electron chi connectivity index (χ3n) is 3.01. The van der Waals surface area contributed by atoms with E-state index in [4.69, 9.17) is 4.74 Å². The molecule has 0 N–H and O–H groups in total. The van der Waals surface area contributed by atoms with Gasteiger partial charge in [-0.05, 0) is 39.3 Å². The van der Waals surface area contributed by atoms with E-state index in [2.05, 4.69) is 37.8 Å². The molecule has 0 aromatic heterocycles. The fourth-order valence-electron chi connectivity index (χ4n) is 2.29. The highest BCUT2D eigenvalue weighted by Crippen LogP contribution is 2.38. The normalized spacial score (nSPS) is 15.3. The number of fused-ring (bicyclic) bond motifs is 1. The van der Waals surface area contributed by atoms with Crippen LogP contribution in [0.3, 0.4) is 0 Å². The first-order valence-electron chi connectivity index (χ1n) is 5.47. The highest BCUT2D eigenvalue weighted by Gasteiger charge is 2.29. The second-order valence-electron chi connectivity index (χ2n) is 5.03. The quantitative estimate of drug-likeness (QED) is 0.699. The summed E-state index contributed by atoms with van der Waals surface area (Å²) in [4.78, 5) is 2.45. The molecule has 1 aromatic carbocycles. The molecule has 0 unspecified atom stereocenters. The minimum atomic E-state index is 0.192. The van der Waals surface area contributed by atoms with E-state index < -0.39 is 0 Å². The van der Waals surface area contributed by atoms with Crippen molar-refractivity contribution in [3.05, 3.63) is 23.8 Å². The lowest BCUT2D eigenvalue weighted by atomic mass is 10.1. The van der Waals surface area contributed by atoms with Crippen molar-refractivity contribution >= 4 is 5.69 Å². The number of methoxy groups -OCH3 is 1. The maximum atomic E-state index is 5.39. The zero-order valence-electron chi connectivity index (χ0n) is 10.0. The van der Waals surface area contributed by atoms with Crippen LogP contribution in [0.25, 0.3) is 0 Å². The maximum Gasteiger partial charge on any atom is 0.124 e. The maximum absolute atomic E-state index is 5.39. The third-order valence-corrected chi connectivity index (χ3v) is 3.01. The zero-order chi connectivity index (χ0) is 11.1. The van der Waals surface area contributed by atoms with Crippen LogP contribution >= 0.6 is 0 Å². The van der Waals surface area contributed by atoms with Crippen molar-refractivity contribution in [3.8, 4) is 5.75 Å². The molecular weight excluding hydrogens is 186 g/mol. The summed E-state index contributed by atoms with van der Waals surface area (Å²) in [5.41, 5.74) is 2.88. The SMILES string of the molecule is COc1cccc2c1CCN2C(C)(C)C. The predicted molar refractivity (Wildman–Crippen MR) is 63.8 cm³/mol. The van der Waals surface area contributed by atoms with Gasteiger partial charge in [-0.2, -0.15) is 0 Å². The molecule has 0 saturated heterocycles. The van der Waals surface area contributed by atoms with Gasteiger partial charge in [0, 0.05) is 23.3 Å². The molecule has 1 aliphatic rings. The van der Waals surface area contributed by atoms with Crippen LogP contribution in [-0.4, -0.2) is 19.2 Å². The van der Waals surface area contributed by atoms with Gasteiger partial charge in [0.2, 0.25) is 0 Å². The van der Waals surface area contributed by atoms with Gasteiger partial charge in [-0.25, -0.2) is 0 Å². The summed E-state index contributed by atoms with van der Waals surface area (Å²) in [6.07, 6.45) is 1.09. The van der Waals surface area contributed by atoms with Crippen molar-refractivity contribution in [2.75, 3.05) is 18.6 Å². The number of rotatable bonds is 1. The Bertz CT molecular complexity index is 365. The summed E-state index contributed by atoms with van der Waals surface area (Å²) in [5.74, 6) is 1.03. The smallest absolute Gasteiger partial charge is 0.124 e. The van der Waals surface area contributed by atoms with E-state index in [1.54, 1.807) is 7.11 Å². The summed E-state index contributed by atoms with van der Waals surface area (Å²) < 4.78 is 5.39. The van der Waals surface area contributed by atoms with Gasteiger partial charge >= 0.3 is 0 Å². The second-order valence-corrected chi connectivity index (χ2v) is 5.03. The van der Waals surface area contributed by atoms with Gasteiger partial charge in [0.1, 0.15) is 5.75 Å². The monoisotopic (exact) mass is 205 g/mol. The molecule has 1 aromatic rings. The van der Waals surface area contributed by atoms with Gasteiger partial charge in [0.15, 0.2) is 0 Å². The minimum absolute atomic E-state index is 0.192. The summed E-state index contributed by atoms with van der Waals surface area (Å²) in [5, 5.41) is 0. The first-order chi connectivity index (χ1) is 7.04. The number of anilines is 1. The van der Waals surface area contributed by atoms with Crippen LogP contribution in [0.1, 0.15) is 26.3 Å². The van der Waals surface area contributed by atoms with E-state index in [0.29, 0.717) is 0 Å². The average molecular weight is 205 g/mol. The predicted octanol–water partition coefficient (Wildman–Crippen LogP) is 2.86. The van der Waals surface area contributed by atoms with E-state index >= 15 is 0 Å². The highest BCUT2D eigenvalue weighted by molar-refractivity contribution is 5.64. The van der Waals surface area contributed by atoms with Crippen molar-refractivity contribution in [1.29, 1.82) is 0 Å². The van der Waals surface area contributed by atoms with Gasteiger partial charge in [0.25, 0.3) is 0 Å². The van der Waals surface area contributed by atoms with E-state index in [1.807, 2.05) is 6.07 Å². The molecule has 0 spiro atoms. The molecule has 0 radical (unpaired) electrons. The summed E-state index contributed by atoms with van der Waals surface area (Å²) >= 11 is 0. The number of benzene rings is 1. The molecule has 1 heterocycles. The number of hydrogen-bond donors (Lipinski definition) is 0. The highest BCUT2D eigenvalue weighted by atomic mass is 16.5. The lowest BCUT2D eigenvalue weighted by molar-refractivity contribution is 0.411. The van der Waals surface area contributed by atoms with Crippen LogP contribution in [0.2, 0.25) is 0 Å². The van der Waals surface area contributed by atoms with Gasteiger partial charge in [-0.15, -0.1) is 0 Å². The molecule has 0 aliphatic carbocycles. The molecule has 2 nitrogen and oxygen atoms in total. The van der Waals surface area contributed by atoms with Crippen molar-refractivity contribution in [3.63, 3.8) is 0 Å². The second kappa shape index (κ2) is 3.44. The number of hydrogen-bond acceptors (Lipinski definition) is 2. The van der Waals surface area contributed by atoms with Gasteiger partial charge in [-0.3, -0.25) is 0 Å². The van der Waals surface area contributed by atoms with E-state index in [9.17, 15) is 0 Å². The van der Waals surface area contributed by atoms with E-state index in [-0.39, 0.29) is 5.54 Å². The number of ether oxygens (including phenoxy) is 1.